The summed E-state index contributed by atoms with van der Waals surface area (Å²) in [5.41, 5.74) is 3.31. The number of hydrogen-bond donors (Lipinski definition) is 0. The predicted octanol–water partition coefficient (Wildman–Crippen LogP) is 7.04. The van der Waals surface area contributed by atoms with Gasteiger partial charge in [0.05, 0.1) is 12.8 Å². The van der Waals surface area contributed by atoms with Gasteiger partial charge in [-0.1, -0.05) is 64.3 Å². The molecule has 1 fully saturated rings. The van der Waals surface area contributed by atoms with Crippen LogP contribution in [0.15, 0.2) is 70.8 Å². The molecule has 38 heavy (non-hydrogen) atoms. The average molecular weight is 634 g/mol. The molecule has 0 aromatic heterocycles. The normalized spacial score (nSPS) is 14.4. The molecule has 0 N–H and O–H groups in total. The minimum absolute atomic E-state index is 0.182. The highest BCUT2D eigenvalue weighted by molar-refractivity contribution is 9.10. The van der Waals surface area contributed by atoms with E-state index >= 15 is 0 Å². The van der Waals surface area contributed by atoms with Crippen molar-refractivity contribution in [3.8, 4) is 5.75 Å². The van der Waals surface area contributed by atoms with Gasteiger partial charge >= 0.3 is 5.97 Å². The second-order valence-corrected chi connectivity index (χ2v) is 10.5. The third kappa shape index (κ3) is 6.21. The van der Waals surface area contributed by atoms with Crippen LogP contribution in [0.3, 0.4) is 0 Å². The molecule has 3 aromatic carbocycles. The van der Waals surface area contributed by atoms with Gasteiger partial charge in [-0.2, -0.15) is 0 Å². The number of thiocarbonyl (C=S) groups is 1. The zero-order valence-electron chi connectivity index (χ0n) is 20.5. The molecule has 6 nitrogen and oxygen atoms in total. The molecular weight excluding hydrogens is 611 g/mol. The third-order valence-corrected chi connectivity index (χ3v) is 7.40. The topological polar surface area (TPSA) is 59.1 Å². The summed E-state index contributed by atoms with van der Waals surface area (Å²) in [5.74, 6) is -0.388. The van der Waals surface area contributed by atoms with Gasteiger partial charge in [0.15, 0.2) is 5.11 Å². The molecule has 0 radical (unpaired) electrons. The van der Waals surface area contributed by atoms with Crippen LogP contribution < -0.4 is 9.64 Å². The van der Waals surface area contributed by atoms with Crippen molar-refractivity contribution in [2.75, 3.05) is 18.6 Å². The first-order valence-corrected chi connectivity index (χ1v) is 13.6. The van der Waals surface area contributed by atoms with E-state index in [1.165, 1.54) is 16.9 Å². The Morgan fingerprint density at radius 1 is 1.08 bits per heavy atom. The van der Waals surface area contributed by atoms with Crippen molar-refractivity contribution in [3.05, 3.63) is 97.6 Å². The van der Waals surface area contributed by atoms with E-state index in [2.05, 4.69) is 22.9 Å². The third-order valence-electron chi connectivity index (χ3n) is 5.92. The lowest BCUT2D eigenvalue weighted by Gasteiger charge is -2.19. The molecular formula is C28H23BrCl2N2O4S. The number of benzene rings is 3. The summed E-state index contributed by atoms with van der Waals surface area (Å²) in [7, 11) is 1.29. The predicted molar refractivity (Wildman–Crippen MR) is 158 cm³/mol. The van der Waals surface area contributed by atoms with E-state index in [1.807, 2.05) is 36.4 Å². The SMILES string of the molecule is CCc1ccc(N2C(=O)/C(=C/c3cc(Br)ccc3OCc3ccc(Cl)cc3Cl)N(CC(=O)OC)C2=S)cc1. The number of nitrogens with zero attached hydrogens (tertiary/aromatic N) is 2. The second kappa shape index (κ2) is 12.3. The highest BCUT2D eigenvalue weighted by atomic mass is 79.9. The van der Waals surface area contributed by atoms with Gasteiger partial charge in [0.1, 0.15) is 24.6 Å². The Morgan fingerprint density at radius 2 is 1.82 bits per heavy atom. The molecule has 0 bridgehead atoms. The van der Waals surface area contributed by atoms with Crippen LogP contribution in [0.25, 0.3) is 6.08 Å². The van der Waals surface area contributed by atoms with E-state index in [1.54, 1.807) is 30.3 Å². The van der Waals surface area contributed by atoms with Crippen molar-refractivity contribution in [1.29, 1.82) is 0 Å². The summed E-state index contributed by atoms with van der Waals surface area (Å²) >= 11 is 21.5. The van der Waals surface area contributed by atoms with Crippen molar-refractivity contribution >= 4 is 80.1 Å². The number of halogens is 3. The molecule has 1 saturated heterocycles. The molecule has 1 aliphatic rings. The molecule has 1 amide bonds. The lowest BCUT2D eigenvalue weighted by atomic mass is 10.1. The maximum absolute atomic E-state index is 13.7. The number of carbonyl (C=O) groups is 2. The monoisotopic (exact) mass is 632 g/mol. The van der Waals surface area contributed by atoms with Crippen LogP contribution in [0, 0.1) is 0 Å². The molecule has 0 spiro atoms. The molecule has 0 atom stereocenters. The standard InChI is InChI=1S/C28H23BrCl2N2O4S/c1-3-17-4-9-22(10-5-17)33-27(35)24(32(28(33)38)15-26(34)36-2)13-19-12-20(29)7-11-25(19)37-16-18-6-8-21(30)14-23(18)31/h4-14H,3,15-16H2,1-2H3/b24-13-. The Morgan fingerprint density at radius 3 is 2.47 bits per heavy atom. The van der Waals surface area contributed by atoms with Gasteiger partial charge in [-0.3, -0.25) is 14.5 Å². The number of carbonyl (C=O) groups excluding carboxylic acids is 2. The number of hydrogen-bond acceptors (Lipinski definition) is 5. The lowest BCUT2D eigenvalue weighted by Crippen LogP contribution is -2.35. The molecule has 196 valence electrons. The van der Waals surface area contributed by atoms with Gasteiger partial charge < -0.3 is 14.4 Å². The summed E-state index contributed by atoms with van der Waals surface area (Å²) in [6.07, 6.45) is 2.52. The number of aryl methyl sites for hydroxylation is 1. The minimum Gasteiger partial charge on any atom is -0.488 e. The number of esters is 1. The van der Waals surface area contributed by atoms with Crippen molar-refractivity contribution in [1.82, 2.24) is 4.90 Å². The Bertz CT molecular complexity index is 1430. The van der Waals surface area contributed by atoms with Crippen molar-refractivity contribution < 1.29 is 19.1 Å². The molecule has 0 unspecified atom stereocenters. The van der Waals surface area contributed by atoms with E-state index in [0.29, 0.717) is 27.0 Å². The van der Waals surface area contributed by atoms with Gasteiger partial charge in [-0.15, -0.1) is 0 Å². The number of rotatable bonds is 8. The molecule has 10 heteroatoms. The second-order valence-electron chi connectivity index (χ2n) is 8.34. The maximum Gasteiger partial charge on any atom is 0.325 e. The largest absolute Gasteiger partial charge is 0.488 e. The molecule has 1 heterocycles. The fourth-order valence-electron chi connectivity index (χ4n) is 3.84. The first-order chi connectivity index (χ1) is 18.2. The van der Waals surface area contributed by atoms with Crippen LogP contribution in [0.2, 0.25) is 10.0 Å². The summed E-state index contributed by atoms with van der Waals surface area (Å²) in [6.45, 7) is 2.01. The maximum atomic E-state index is 13.7. The fourth-order valence-corrected chi connectivity index (χ4v) is 5.03. The smallest absolute Gasteiger partial charge is 0.325 e. The van der Waals surface area contributed by atoms with Crippen LogP contribution in [0.4, 0.5) is 5.69 Å². The summed E-state index contributed by atoms with van der Waals surface area (Å²) in [6, 6.07) is 18.2. The quantitative estimate of drug-likeness (QED) is 0.151. The average Bonchev–Trinajstić information content (AvgIpc) is 3.12. The van der Waals surface area contributed by atoms with Gasteiger partial charge in [0.25, 0.3) is 5.91 Å². The Balaban J connectivity index is 1.72. The van der Waals surface area contributed by atoms with E-state index < -0.39 is 5.97 Å². The summed E-state index contributed by atoms with van der Waals surface area (Å²) < 4.78 is 11.7. The summed E-state index contributed by atoms with van der Waals surface area (Å²) in [4.78, 5) is 28.8. The van der Waals surface area contributed by atoms with Crippen molar-refractivity contribution in [2.45, 2.75) is 20.0 Å². The number of anilines is 1. The molecule has 0 saturated carbocycles. The van der Waals surface area contributed by atoms with E-state index in [4.69, 9.17) is 44.9 Å². The van der Waals surface area contributed by atoms with Crippen LogP contribution in [-0.2, 0) is 27.4 Å². The van der Waals surface area contributed by atoms with Crippen LogP contribution in [0.5, 0.6) is 5.75 Å². The highest BCUT2D eigenvalue weighted by Gasteiger charge is 2.40. The van der Waals surface area contributed by atoms with E-state index in [9.17, 15) is 9.59 Å². The molecule has 3 aromatic rings. The number of ether oxygens (including phenoxy) is 2. The van der Waals surface area contributed by atoms with E-state index in [0.717, 1.165) is 22.0 Å². The first-order valence-electron chi connectivity index (χ1n) is 11.6. The summed E-state index contributed by atoms with van der Waals surface area (Å²) in [5, 5.41) is 1.20. The van der Waals surface area contributed by atoms with Crippen molar-refractivity contribution in [3.63, 3.8) is 0 Å². The molecule has 4 rings (SSSR count). The van der Waals surface area contributed by atoms with Crippen LogP contribution in [-0.4, -0.2) is 35.5 Å². The number of amides is 1. The number of methoxy groups -OCH3 is 1. The highest BCUT2D eigenvalue weighted by Crippen LogP contribution is 2.33. The van der Waals surface area contributed by atoms with Gasteiger partial charge in [0, 0.05) is 25.6 Å². The van der Waals surface area contributed by atoms with Gasteiger partial charge in [-0.05, 0) is 72.7 Å². The minimum atomic E-state index is -0.530. The lowest BCUT2D eigenvalue weighted by molar-refractivity contribution is -0.140. The Kier molecular flexibility index (Phi) is 9.10. The van der Waals surface area contributed by atoms with Gasteiger partial charge in [-0.25, -0.2) is 0 Å². The Hall–Kier alpha value is -2.91. The molecule has 0 aliphatic carbocycles. The van der Waals surface area contributed by atoms with Crippen LogP contribution >= 0.6 is 51.3 Å². The van der Waals surface area contributed by atoms with E-state index in [-0.39, 0.29) is 29.9 Å². The van der Waals surface area contributed by atoms with Crippen molar-refractivity contribution in [2.24, 2.45) is 0 Å². The Labute approximate surface area is 244 Å². The first kappa shape index (κ1) is 28.1. The zero-order valence-corrected chi connectivity index (χ0v) is 24.5. The van der Waals surface area contributed by atoms with Crippen LogP contribution in [0.1, 0.15) is 23.6 Å². The molecule has 1 aliphatic heterocycles. The zero-order chi connectivity index (χ0) is 27.4. The fraction of sp³-hybridized carbons (Fsp3) is 0.179. The van der Waals surface area contributed by atoms with Gasteiger partial charge in [0.2, 0.25) is 0 Å².